The van der Waals surface area contributed by atoms with Crippen LogP contribution in [0.3, 0.4) is 0 Å². The Hall–Kier alpha value is -1.69. The third-order valence-electron chi connectivity index (χ3n) is 2.46. The molecule has 0 aromatic heterocycles. The summed E-state index contributed by atoms with van der Waals surface area (Å²) in [4.78, 5) is 11.0. The van der Waals surface area contributed by atoms with Crippen LogP contribution in [0.1, 0.15) is 15.2 Å². The molecule has 1 N–H and O–H groups in total. The average Bonchev–Trinajstić information content (AvgIpc) is 2.33. The van der Waals surface area contributed by atoms with Crippen LogP contribution >= 0.6 is 11.6 Å². The molecule has 102 valence electrons. The lowest BCUT2D eigenvalue weighted by molar-refractivity contribution is -0.187. The number of benzene rings is 1. The van der Waals surface area contributed by atoms with Gasteiger partial charge in [-0.05, 0) is 30.6 Å². The number of halogens is 4. The Morgan fingerprint density at radius 3 is 2.74 bits per heavy atom. The first-order chi connectivity index (χ1) is 9.91. The van der Waals surface area contributed by atoms with E-state index >= 15 is 0 Å². The minimum Gasteiger partial charge on any atom is -0.478 e. The molecular weight excluding hydrogens is 285 g/mol. The van der Waals surface area contributed by atoms with Gasteiger partial charge in [-0.1, -0.05) is 11.6 Å². The van der Waals surface area contributed by atoms with Crippen molar-refractivity contribution in [3.8, 4) is 5.75 Å². The van der Waals surface area contributed by atoms with Gasteiger partial charge < -0.3 is 9.84 Å². The van der Waals surface area contributed by atoms with Gasteiger partial charge in [0.1, 0.15) is 5.75 Å². The second-order valence-electron chi connectivity index (χ2n) is 3.82. The van der Waals surface area contributed by atoms with Gasteiger partial charge in [-0.15, -0.1) is 0 Å². The van der Waals surface area contributed by atoms with Crippen molar-refractivity contribution in [3.05, 3.63) is 33.9 Å². The smallest absolute Gasteiger partial charge is 0.430 e. The molecule has 1 aliphatic rings. The summed E-state index contributed by atoms with van der Waals surface area (Å²) < 4.78 is 65.6. The van der Waals surface area contributed by atoms with E-state index in [1.54, 1.807) is 0 Å². The molecule has 1 atom stereocenters. The predicted molar refractivity (Wildman–Crippen MR) is 62.3 cm³/mol. The van der Waals surface area contributed by atoms with Gasteiger partial charge in [-0.2, -0.15) is 13.2 Å². The zero-order valence-corrected chi connectivity index (χ0v) is 9.84. The number of fused-ring (bicyclic) bond motifs is 1. The normalized spacial score (nSPS) is 21.4. The van der Waals surface area contributed by atoms with E-state index in [1.165, 1.54) is 0 Å². The molecule has 0 bridgehead atoms. The van der Waals surface area contributed by atoms with Crippen molar-refractivity contribution >= 4 is 23.6 Å². The molecule has 0 fully saturated rings. The fraction of sp³-hybridized carbons (Fsp3) is 0.250. The molecule has 0 aliphatic carbocycles. The van der Waals surface area contributed by atoms with Crippen LogP contribution in [0.2, 0.25) is 5.02 Å². The molecular formula is C12H8ClF3O3. The number of ether oxygens (including phenoxy) is 1. The quantitative estimate of drug-likeness (QED) is 0.863. The molecule has 1 aromatic carbocycles. The van der Waals surface area contributed by atoms with Gasteiger partial charge in [-0.3, -0.25) is 0 Å². The molecule has 19 heavy (non-hydrogen) atoms. The molecule has 0 spiro atoms. The Morgan fingerprint density at radius 1 is 1.53 bits per heavy atom. The lowest BCUT2D eigenvalue weighted by Crippen LogP contribution is -2.40. The average molecular weight is 296 g/mol. The highest BCUT2D eigenvalue weighted by Crippen LogP contribution is 2.40. The Morgan fingerprint density at radius 2 is 2.21 bits per heavy atom. The Kier molecular flexibility index (Phi) is 2.37. The van der Waals surface area contributed by atoms with Gasteiger partial charge in [0.2, 0.25) is 6.10 Å². The standard InChI is InChI=1S/C12H8ClF3O3/c1-5-2-7(13)3-6-4-8(11(17)18)10(12(14,15)16)19-9(5)6/h2-4,10H,1H3,(H,17,18)/i1D3. The molecule has 3 nitrogen and oxygen atoms in total. The van der Waals surface area contributed by atoms with Crippen LogP contribution in [0.15, 0.2) is 17.7 Å². The SMILES string of the molecule is [2H]C([2H])([2H])c1cc(Cl)cc2c1OC(C(F)(F)F)C(C(=O)O)=C2. The fourth-order valence-electron chi connectivity index (χ4n) is 1.70. The first kappa shape index (κ1) is 10.1. The molecule has 1 aromatic rings. The van der Waals surface area contributed by atoms with E-state index in [1.807, 2.05) is 0 Å². The van der Waals surface area contributed by atoms with Crippen LogP contribution in [0, 0.1) is 6.85 Å². The maximum atomic E-state index is 13.0. The third kappa shape index (κ3) is 2.53. The van der Waals surface area contributed by atoms with E-state index in [4.69, 9.17) is 25.6 Å². The van der Waals surface area contributed by atoms with Crippen LogP contribution in [-0.4, -0.2) is 23.4 Å². The molecule has 0 saturated heterocycles. The lowest BCUT2D eigenvalue weighted by Gasteiger charge is -2.28. The summed E-state index contributed by atoms with van der Waals surface area (Å²) in [6.07, 6.45) is -7.03. The van der Waals surface area contributed by atoms with Crippen molar-refractivity contribution in [2.24, 2.45) is 0 Å². The van der Waals surface area contributed by atoms with E-state index in [2.05, 4.69) is 0 Å². The number of hydrogen-bond acceptors (Lipinski definition) is 2. The molecule has 1 unspecified atom stereocenters. The maximum absolute atomic E-state index is 13.0. The van der Waals surface area contributed by atoms with Gasteiger partial charge >= 0.3 is 12.1 Å². The molecule has 0 saturated carbocycles. The highest BCUT2D eigenvalue weighted by Gasteiger charge is 2.48. The Balaban J connectivity index is 2.71. The van der Waals surface area contributed by atoms with Crippen molar-refractivity contribution in [1.29, 1.82) is 0 Å². The number of alkyl halides is 3. The number of carboxylic acids is 1. The van der Waals surface area contributed by atoms with Crippen LogP contribution in [0.25, 0.3) is 6.08 Å². The summed E-state index contributed by atoms with van der Waals surface area (Å²) in [5, 5.41) is 8.85. The minimum absolute atomic E-state index is 0.0556. The largest absolute Gasteiger partial charge is 0.478 e. The van der Waals surface area contributed by atoms with Gasteiger partial charge in [0, 0.05) is 14.7 Å². The summed E-state index contributed by atoms with van der Waals surface area (Å²) in [7, 11) is 0. The monoisotopic (exact) mass is 295 g/mol. The van der Waals surface area contributed by atoms with Gasteiger partial charge in [0.15, 0.2) is 0 Å². The molecule has 2 rings (SSSR count). The fourth-order valence-corrected chi connectivity index (χ4v) is 1.92. The second kappa shape index (κ2) is 4.45. The molecule has 7 heteroatoms. The summed E-state index contributed by atoms with van der Waals surface area (Å²) in [6, 6.07) is 2.11. The number of aryl methyl sites for hydroxylation is 1. The van der Waals surface area contributed by atoms with E-state index in [-0.39, 0.29) is 10.6 Å². The Bertz CT molecular complexity index is 668. The Labute approximate surface area is 115 Å². The summed E-state index contributed by atoms with van der Waals surface area (Å²) >= 11 is 5.74. The highest BCUT2D eigenvalue weighted by atomic mass is 35.5. The maximum Gasteiger partial charge on any atom is 0.430 e. The van der Waals surface area contributed by atoms with E-state index in [9.17, 15) is 18.0 Å². The van der Waals surface area contributed by atoms with Crippen LogP contribution in [0.5, 0.6) is 5.75 Å². The van der Waals surface area contributed by atoms with Crippen molar-refractivity contribution in [1.82, 2.24) is 0 Å². The van der Waals surface area contributed by atoms with E-state index in [0.717, 1.165) is 18.2 Å². The minimum atomic E-state index is -5.01. The van der Waals surface area contributed by atoms with Gasteiger partial charge in [0.25, 0.3) is 0 Å². The molecule has 0 radical (unpaired) electrons. The summed E-state index contributed by atoms with van der Waals surface area (Å²) in [5.41, 5.74) is -1.68. The lowest BCUT2D eigenvalue weighted by atomic mass is 9.99. The molecule has 1 heterocycles. The van der Waals surface area contributed by atoms with E-state index in [0.29, 0.717) is 0 Å². The van der Waals surface area contributed by atoms with Crippen LogP contribution in [-0.2, 0) is 4.79 Å². The predicted octanol–water partition coefficient (Wildman–Crippen LogP) is 3.44. The zero-order chi connectivity index (χ0) is 16.9. The van der Waals surface area contributed by atoms with Crippen LogP contribution < -0.4 is 4.74 Å². The van der Waals surface area contributed by atoms with Crippen molar-refractivity contribution in [2.45, 2.75) is 19.1 Å². The first-order valence-electron chi connectivity index (χ1n) is 6.43. The van der Waals surface area contributed by atoms with Gasteiger partial charge in [0.05, 0.1) is 5.57 Å². The number of carbonyl (C=O) groups is 1. The van der Waals surface area contributed by atoms with Crippen molar-refractivity contribution in [2.75, 3.05) is 0 Å². The van der Waals surface area contributed by atoms with Crippen LogP contribution in [0.4, 0.5) is 13.2 Å². The van der Waals surface area contributed by atoms with Gasteiger partial charge in [-0.25, -0.2) is 4.79 Å². The number of carboxylic acid groups (broad SMARTS) is 1. The molecule has 1 aliphatic heterocycles. The third-order valence-corrected chi connectivity index (χ3v) is 2.67. The zero-order valence-electron chi connectivity index (χ0n) is 12.1. The topological polar surface area (TPSA) is 46.5 Å². The first-order valence-corrected chi connectivity index (χ1v) is 5.31. The highest BCUT2D eigenvalue weighted by molar-refractivity contribution is 6.30. The number of hydrogen-bond donors (Lipinski definition) is 1. The van der Waals surface area contributed by atoms with E-state index < -0.39 is 42.0 Å². The van der Waals surface area contributed by atoms with Crippen molar-refractivity contribution < 1.29 is 31.9 Å². The number of aliphatic carboxylic acids is 1. The molecule has 0 amide bonds. The number of rotatable bonds is 1. The summed E-state index contributed by atoms with van der Waals surface area (Å²) in [6.45, 7) is -2.76. The summed E-state index contributed by atoms with van der Waals surface area (Å²) in [5.74, 6) is -2.36. The van der Waals surface area contributed by atoms with Crippen molar-refractivity contribution in [3.63, 3.8) is 0 Å². The second-order valence-corrected chi connectivity index (χ2v) is 4.25.